The average Bonchev–Trinajstić information content (AvgIpc) is 2.92. The van der Waals surface area contributed by atoms with E-state index >= 15 is 0 Å². The summed E-state index contributed by atoms with van der Waals surface area (Å²) in [5, 5.41) is 4.43. The number of nitrogens with zero attached hydrogens (tertiary/aromatic N) is 2. The third-order valence-corrected chi connectivity index (χ3v) is 4.10. The number of rotatable bonds is 7. The van der Waals surface area contributed by atoms with Crippen LogP contribution in [0.25, 0.3) is 0 Å². The molecule has 21 heavy (non-hydrogen) atoms. The van der Waals surface area contributed by atoms with Crippen LogP contribution in [-0.4, -0.2) is 27.8 Å². The van der Waals surface area contributed by atoms with Gasteiger partial charge < -0.3 is 9.88 Å². The van der Waals surface area contributed by atoms with Gasteiger partial charge in [-0.15, -0.1) is 0 Å². The van der Waals surface area contributed by atoms with Gasteiger partial charge in [-0.05, 0) is 24.1 Å². The molecule has 0 unspecified atom stereocenters. The van der Waals surface area contributed by atoms with Crippen LogP contribution in [0.3, 0.4) is 0 Å². The molecule has 0 fully saturated rings. The maximum atomic E-state index is 11.6. The fraction of sp³-hybridized carbons (Fsp3) is 0.333. The number of amides is 1. The summed E-state index contributed by atoms with van der Waals surface area (Å²) in [5.74, 6) is 0.431. The maximum Gasteiger partial charge on any atom is 0.230 e. The van der Waals surface area contributed by atoms with Crippen molar-refractivity contribution in [1.29, 1.82) is 0 Å². The maximum absolute atomic E-state index is 11.6. The van der Waals surface area contributed by atoms with Gasteiger partial charge in [0.25, 0.3) is 0 Å². The summed E-state index contributed by atoms with van der Waals surface area (Å²) in [4.78, 5) is 15.9. The van der Waals surface area contributed by atoms with E-state index in [9.17, 15) is 4.79 Å². The number of benzene rings is 1. The van der Waals surface area contributed by atoms with Crippen molar-refractivity contribution in [1.82, 2.24) is 14.9 Å². The van der Waals surface area contributed by atoms with Crippen molar-refractivity contribution in [2.45, 2.75) is 25.0 Å². The molecule has 0 saturated carbocycles. The number of carbonyl (C=O) groups excluding carboxylic acids is 1. The van der Waals surface area contributed by atoms with E-state index < -0.39 is 0 Å². The molecule has 1 aromatic heterocycles. The predicted molar refractivity (Wildman–Crippen MR) is 86.8 cm³/mol. The Balaban J connectivity index is 1.92. The zero-order valence-electron chi connectivity index (χ0n) is 11.9. The fourth-order valence-electron chi connectivity index (χ4n) is 1.79. The van der Waals surface area contributed by atoms with Crippen molar-refractivity contribution in [3.05, 3.63) is 47.2 Å². The van der Waals surface area contributed by atoms with Crippen LogP contribution in [0.1, 0.15) is 18.9 Å². The quantitative estimate of drug-likeness (QED) is 0.796. The second-order valence-electron chi connectivity index (χ2n) is 4.60. The Kier molecular flexibility index (Phi) is 6.14. The Labute approximate surface area is 133 Å². The van der Waals surface area contributed by atoms with E-state index in [0.29, 0.717) is 5.75 Å². The van der Waals surface area contributed by atoms with Crippen molar-refractivity contribution < 1.29 is 4.79 Å². The Bertz CT molecular complexity index is 583. The molecule has 112 valence electrons. The van der Waals surface area contributed by atoms with Crippen LogP contribution < -0.4 is 5.32 Å². The van der Waals surface area contributed by atoms with Gasteiger partial charge in [0.1, 0.15) is 0 Å². The highest BCUT2D eigenvalue weighted by atomic mass is 35.5. The smallest absolute Gasteiger partial charge is 0.230 e. The van der Waals surface area contributed by atoms with E-state index in [4.69, 9.17) is 11.6 Å². The first-order chi connectivity index (χ1) is 10.2. The zero-order valence-corrected chi connectivity index (χ0v) is 13.5. The van der Waals surface area contributed by atoms with Gasteiger partial charge in [-0.25, -0.2) is 4.98 Å². The second kappa shape index (κ2) is 8.10. The van der Waals surface area contributed by atoms with E-state index in [2.05, 4.69) is 10.3 Å². The minimum Gasteiger partial charge on any atom is -0.355 e. The van der Waals surface area contributed by atoms with Crippen LogP contribution >= 0.6 is 23.4 Å². The Hall–Kier alpha value is -1.46. The molecule has 0 aliphatic rings. The van der Waals surface area contributed by atoms with Gasteiger partial charge in [0.2, 0.25) is 5.91 Å². The third-order valence-electron chi connectivity index (χ3n) is 2.85. The van der Waals surface area contributed by atoms with Crippen LogP contribution in [0.4, 0.5) is 0 Å². The highest BCUT2D eigenvalue weighted by Gasteiger charge is 2.07. The first-order valence-corrected chi connectivity index (χ1v) is 8.20. The number of aromatic nitrogens is 2. The van der Waals surface area contributed by atoms with E-state index in [1.807, 2.05) is 42.0 Å². The average molecular weight is 324 g/mol. The van der Waals surface area contributed by atoms with Crippen LogP contribution in [0, 0.1) is 0 Å². The lowest BCUT2D eigenvalue weighted by atomic mass is 10.2. The number of hydrogen-bond acceptors (Lipinski definition) is 3. The van der Waals surface area contributed by atoms with Gasteiger partial charge in [-0.3, -0.25) is 4.79 Å². The van der Waals surface area contributed by atoms with Gasteiger partial charge >= 0.3 is 0 Å². The van der Waals surface area contributed by atoms with E-state index in [-0.39, 0.29) is 5.91 Å². The Morgan fingerprint density at radius 1 is 1.38 bits per heavy atom. The number of carbonyl (C=O) groups is 1. The zero-order chi connectivity index (χ0) is 15.1. The van der Waals surface area contributed by atoms with Gasteiger partial charge in [0, 0.05) is 30.5 Å². The van der Waals surface area contributed by atoms with Gasteiger partial charge in [0.05, 0.1) is 5.75 Å². The summed E-state index contributed by atoms with van der Waals surface area (Å²) in [6.07, 6.45) is 4.62. The van der Waals surface area contributed by atoms with Crippen LogP contribution in [0.5, 0.6) is 0 Å². The minimum atomic E-state index is 0.0443. The lowest BCUT2D eigenvalue weighted by Gasteiger charge is -2.08. The molecule has 0 aliphatic carbocycles. The SMILES string of the molecule is CCCNC(=O)CSc1nccn1Cc1ccc(Cl)cc1. The molecular weight excluding hydrogens is 306 g/mol. The lowest BCUT2D eigenvalue weighted by molar-refractivity contribution is -0.118. The molecule has 4 nitrogen and oxygen atoms in total. The lowest BCUT2D eigenvalue weighted by Crippen LogP contribution is -2.25. The third kappa shape index (κ3) is 5.10. The molecule has 1 N–H and O–H groups in total. The molecule has 6 heteroatoms. The summed E-state index contributed by atoms with van der Waals surface area (Å²) in [5.41, 5.74) is 1.15. The molecule has 0 bridgehead atoms. The number of imidazole rings is 1. The first kappa shape index (κ1) is 15.9. The van der Waals surface area contributed by atoms with E-state index in [1.54, 1.807) is 6.20 Å². The van der Waals surface area contributed by atoms with Gasteiger partial charge in [-0.1, -0.05) is 42.4 Å². The summed E-state index contributed by atoms with van der Waals surface area (Å²) < 4.78 is 2.03. The first-order valence-electron chi connectivity index (χ1n) is 6.84. The fourth-order valence-corrected chi connectivity index (χ4v) is 2.70. The Morgan fingerprint density at radius 3 is 2.86 bits per heavy atom. The summed E-state index contributed by atoms with van der Waals surface area (Å²) in [7, 11) is 0. The standard InChI is InChI=1S/C15H18ClN3OS/c1-2-7-17-14(20)11-21-15-18-8-9-19(15)10-12-3-5-13(16)6-4-12/h3-6,8-9H,2,7,10-11H2,1H3,(H,17,20). The molecule has 1 aromatic carbocycles. The van der Waals surface area contributed by atoms with Crippen LogP contribution in [0.15, 0.2) is 41.8 Å². The van der Waals surface area contributed by atoms with Crippen molar-refractivity contribution in [2.24, 2.45) is 0 Å². The normalized spacial score (nSPS) is 10.6. The van der Waals surface area contributed by atoms with Crippen molar-refractivity contribution in [3.63, 3.8) is 0 Å². The second-order valence-corrected chi connectivity index (χ2v) is 5.98. The van der Waals surface area contributed by atoms with E-state index in [1.165, 1.54) is 11.8 Å². The highest BCUT2D eigenvalue weighted by molar-refractivity contribution is 7.99. The van der Waals surface area contributed by atoms with Gasteiger partial charge in [-0.2, -0.15) is 0 Å². The molecule has 1 heterocycles. The predicted octanol–water partition coefficient (Wildman–Crippen LogP) is 3.20. The topological polar surface area (TPSA) is 46.9 Å². The number of halogens is 1. The van der Waals surface area contributed by atoms with Crippen LogP contribution in [0.2, 0.25) is 5.02 Å². The molecule has 0 atom stereocenters. The monoisotopic (exact) mass is 323 g/mol. The Morgan fingerprint density at radius 2 is 2.14 bits per heavy atom. The van der Waals surface area contributed by atoms with Crippen molar-refractivity contribution in [2.75, 3.05) is 12.3 Å². The molecule has 2 aromatic rings. The molecule has 0 aliphatic heterocycles. The molecular formula is C15H18ClN3OS. The van der Waals surface area contributed by atoms with Crippen molar-refractivity contribution >= 4 is 29.3 Å². The summed E-state index contributed by atoms with van der Waals surface area (Å²) in [6, 6.07) is 7.73. The summed E-state index contributed by atoms with van der Waals surface area (Å²) >= 11 is 7.33. The summed E-state index contributed by atoms with van der Waals surface area (Å²) in [6.45, 7) is 3.47. The molecule has 0 radical (unpaired) electrons. The van der Waals surface area contributed by atoms with Crippen molar-refractivity contribution in [3.8, 4) is 0 Å². The number of hydrogen-bond donors (Lipinski definition) is 1. The molecule has 1 amide bonds. The molecule has 0 spiro atoms. The van der Waals surface area contributed by atoms with E-state index in [0.717, 1.165) is 35.3 Å². The number of thioether (sulfide) groups is 1. The highest BCUT2D eigenvalue weighted by Crippen LogP contribution is 2.18. The molecule has 0 saturated heterocycles. The van der Waals surface area contributed by atoms with Crippen LogP contribution in [-0.2, 0) is 11.3 Å². The largest absolute Gasteiger partial charge is 0.355 e. The van der Waals surface area contributed by atoms with Gasteiger partial charge in [0.15, 0.2) is 5.16 Å². The molecule has 2 rings (SSSR count). The number of nitrogens with one attached hydrogen (secondary N) is 1. The minimum absolute atomic E-state index is 0.0443.